The van der Waals surface area contributed by atoms with E-state index in [1.54, 1.807) is 33.1 Å². The lowest BCUT2D eigenvalue weighted by Gasteiger charge is -2.14. The Morgan fingerprint density at radius 3 is 2.37 bits per heavy atom. The predicted octanol–water partition coefficient (Wildman–Crippen LogP) is 3.91. The van der Waals surface area contributed by atoms with E-state index in [0.717, 1.165) is 22.4 Å². The summed E-state index contributed by atoms with van der Waals surface area (Å²) >= 11 is 0. The number of rotatable bonds is 4. The molecule has 0 aromatic heterocycles. The van der Waals surface area contributed by atoms with E-state index in [0.29, 0.717) is 11.3 Å². The van der Waals surface area contributed by atoms with Gasteiger partial charge >= 0.3 is 5.97 Å². The van der Waals surface area contributed by atoms with Gasteiger partial charge in [0.25, 0.3) is 0 Å². The molecular weight excluding hydrogens is 240 g/mol. The molecular formula is C16H20O3. The first-order valence-corrected chi connectivity index (χ1v) is 6.10. The number of aryl methyl sites for hydroxylation is 1. The van der Waals surface area contributed by atoms with Crippen molar-refractivity contribution in [2.75, 3.05) is 7.11 Å². The van der Waals surface area contributed by atoms with Crippen LogP contribution in [-0.2, 0) is 4.79 Å². The molecule has 0 unspecified atom stereocenters. The Balaban J connectivity index is 3.23. The Bertz CT molecular complexity index is 539. The fourth-order valence-electron chi connectivity index (χ4n) is 1.60. The van der Waals surface area contributed by atoms with E-state index < -0.39 is 0 Å². The first-order valence-electron chi connectivity index (χ1n) is 6.10. The van der Waals surface area contributed by atoms with E-state index >= 15 is 0 Å². The molecule has 0 amide bonds. The zero-order valence-corrected chi connectivity index (χ0v) is 12.2. The maximum absolute atomic E-state index is 11.8. The SMILES string of the molecule is C=C(C)c1cc(OC)c(C)cc1OC(=O)/C(C)=C/C. The number of ether oxygens (including phenoxy) is 2. The van der Waals surface area contributed by atoms with Gasteiger partial charge in [-0.15, -0.1) is 0 Å². The molecule has 0 fully saturated rings. The third kappa shape index (κ3) is 3.47. The van der Waals surface area contributed by atoms with Crippen molar-refractivity contribution >= 4 is 11.5 Å². The van der Waals surface area contributed by atoms with Gasteiger partial charge in [0.2, 0.25) is 0 Å². The van der Waals surface area contributed by atoms with Crippen molar-refractivity contribution in [2.45, 2.75) is 27.7 Å². The van der Waals surface area contributed by atoms with E-state index in [-0.39, 0.29) is 5.97 Å². The molecule has 19 heavy (non-hydrogen) atoms. The predicted molar refractivity (Wildman–Crippen MR) is 77.5 cm³/mol. The molecule has 3 nitrogen and oxygen atoms in total. The summed E-state index contributed by atoms with van der Waals surface area (Å²) < 4.78 is 10.7. The van der Waals surface area contributed by atoms with Crippen molar-refractivity contribution in [1.82, 2.24) is 0 Å². The molecule has 0 bridgehead atoms. The van der Waals surface area contributed by atoms with Crippen LogP contribution in [0.5, 0.6) is 11.5 Å². The van der Waals surface area contributed by atoms with Crippen LogP contribution >= 0.6 is 0 Å². The Morgan fingerprint density at radius 1 is 1.26 bits per heavy atom. The number of allylic oxidation sites excluding steroid dienone is 2. The molecule has 0 radical (unpaired) electrons. The smallest absolute Gasteiger partial charge is 0.338 e. The van der Waals surface area contributed by atoms with Gasteiger partial charge in [0.05, 0.1) is 7.11 Å². The average molecular weight is 260 g/mol. The lowest BCUT2D eigenvalue weighted by atomic mass is 10.0. The van der Waals surface area contributed by atoms with E-state index in [1.807, 2.05) is 19.9 Å². The minimum atomic E-state index is -0.352. The zero-order valence-electron chi connectivity index (χ0n) is 12.2. The molecule has 0 aliphatic carbocycles. The van der Waals surface area contributed by atoms with E-state index in [4.69, 9.17) is 9.47 Å². The second-order valence-corrected chi connectivity index (χ2v) is 4.46. The largest absolute Gasteiger partial charge is 0.496 e. The molecule has 0 atom stereocenters. The van der Waals surface area contributed by atoms with E-state index in [1.165, 1.54) is 0 Å². The van der Waals surface area contributed by atoms with Gasteiger partial charge in [-0.1, -0.05) is 12.7 Å². The average Bonchev–Trinajstić information content (AvgIpc) is 2.37. The number of methoxy groups -OCH3 is 1. The van der Waals surface area contributed by atoms with Crippen molar-refractivity contribution in [3.63, 3.8) is 0 Å². The molecule has 0 heterocycles. The van der Waals surface area contributed by atoms with Gasteiger partial charge in [-0.3, -0.25) is 0 Å². The van der Waals surface area contributed by atoms with Gasteiger partial charge in [0.1, 0.15) is 11.5 Å². The highest BCUT2D eigenvalue weighted by Gasteiger charge is 2.14. The standard InChI is InChI=1S/C16H20O3/c1-7-11(4)16(17)19-15-8-12(5)14(18-6)9-13(15)10(2)3/h7-9H,2H2,1,3-6H3/b11-7+. The number of hydrogen-bond donors (Lipinski definition) is 0. The maximum Gasteiger partial charge on any atom is 0.338 e. The highest BCUT2D eigenvalue weighted by atomic mass is 16.5. The quantitative estimate of drug-likeness (QED) is 0.468. The molecule has 102 valence electrons. The first kappa shape index (κ1) is 15.0. The normalized spacial score (nSPS) is 11.1. The number of hydrogen-bond acceptors (Lipinski definition) is 3. The monoisotopic (exact) mass is 260 g/mol. The van der Waals surface area contributed by atoms with Gasteiger partial charge in [0, 0.05) is 11.1 Å². The minimum absolute atomic E-state index is 0.352. The molecule has 0 N–H and O–H groups in total. The Kier molecular flexibility index (Phi) is 4.93. The van der Waals surface area contributed by atoms with Crippen molar-refractivity contribution in [3.8, 4) is 11.5 Å². The summed E-state index contributed by atoms with van der Waals surface area (Å²) in [5.74, 6) is 0.909. The third-order valence-corrected chi connectivity index (χ3v) is 2.91. The van der Waals surface area contributed by atoms with Gasteiger partial charge in [-0.05, 0) is 51.0 Å². The second kappa shape index (κ2) is 6.23. The van der Waals surface area contributed by atoms with Crippen molar-refractivity contribution in [2.24, 2.45) is 0 Å². The highest BCUT2D eigenvalue weighted by molar-refractivity contribution is 5.90. The van der Waals surface area contributed by atoms with Crippen LogP contribution in [0.3, 0.4) is 0 Å². The first-order chi connectivity index (χ1) is 8.90. The van der Waals surface area contributed by atoms with Gasteiger partial charge < -0.3 is 9.47 Å². The van der Waals surface area contributed by atoms with Crippen LogP contribution in [0.4, 0.5) is 0 Å². The van der Waals surface area contributed by atoms with Crippen LogP contribution in [0, 0.1) is 6.92 Å². The van der Waals surface area contributed by atoms with E-state index in [9.17, 15) is 4.79 Å². The summed E-state index contributed by atoms with van der Waals surface area (Å²) in [6.07, 6.45) is 1.72. The summed E-state index contributed by atoms with van der Waals surface area (Å²) in [5, 5.41) is 0. The fourth-order valence-corrected chi connectivity index (χ4v) is 1.60. The maximum atomic E-state index is 11.8. The van der Waals surface area contributed by atoms with Crippen molar-refractivity contribution in [3.05, 3.63) is 41.5 Å². The van der Waals surface area contributed by atoms with E-state index in [2.05, 4.69) is 6.58 Å². The lowest BCUT2D eigenvalue weighted by Crippen LogP contribution is -2.10. The van der Waals surface area contributed by atoms with Crippen LogP contribution in [0.1, 0.15) is 31.9 Å². The fraction of sp³-hybridized carbons (Fsp3) is 0.312. The van der Waals surface area contributed by atoms with Crippen LogP contribution in [0.25, 0.3) is 5.57 Å². The van der Waals surface area contributed by atoms with Crippen LogP contribution in [-0.4, -0.2) is 13.1 Å². The van der Waals surface area contributed by atoms with Crippen molar-refractivity contribution in [1.29, 1.82) is 0 Å². The van der Waals surface area contributed by atoms with Gasteiger partial charge in [0.15, 0.2) is 0 Å². The summed E-state index contributed by atoms with van der Waals surface area (Å²) in [6.45, 7) is 11.2. The molecule has 1 aromatic rings. The number of esters is 1. The summed E-state index contributed by atoms with van der Waals surface area (Å²) in [6, 6.07) is 3.63. The summed E-state index contributed by atoms with van der Waals surface area (Å²) in [5.41, 5.74) is 3.08. The van der Waals surface area contributed by atoms with Crippen LogP contribution < -0.4 is 9.47 Å². The van der Waals surface area contributed by atoms with Crippen molar-refractivity contribution < 1.29 is 14.3 Å². The molecule has 0 aliphatic rings. The molecule has 0 aliphatic heterocycles. The molecule has 0 saturated carbocycles. The summed E-state index contributed by atoms with van der Waals surface area (Å²) in [7, 11) is 1.61. The molecule has 3 heteroatoms. The van der Waals surface area contributed by atoms with Gasteiger partial charge in [-0.25, -0.2) is 4.79 Å². The topological polar surface area (TPSA) is 35.5 Å². The lowest BCUT2D eigenvalue weighted by molar-refractivity contribution is -0.130. The van der Waals surface area contributed by atoms with Crippen LogP contribution in [0.2, 0.25) is 0 Å². The highest BCUT2D eigenvalue weighted by Crippen LogP contribution is 2.32. The number of carbonyl (C=O) groups excluding carboxylic acids is 1. The molecule has 0 spiro atoms. The Morgan fingerprint density at radius 2 is 1.89 bits per heavy atom. The Labute approximate surface area is 114 Å². The Hall–Kier alpha value is -2.03. The van der Waals surface area contributed by atoms with Gasteiger partial charge in [-0.2, -0.15) is 0 Å². The minimum Gasteiger partial charge on any atom is -0.496 e. The third-order valence-electron chi connectivity index (χ3n) is 2.91. The number of benzene rings is 1. The zero-order chi connectivity index (χ0) is 14.6. The molecule has 1 aromatic carbocycles. The second-order valence-electron chi connectivity index (χ2n) is 4.46. The number of carbonyl (C=O) groups is 1. The molecule has 0 saturated heterocycles. The van der Waals surface area contributed by atoms with Crippen LogP contribution in [0.15, 0.2) is 30.4 Å². The summed E-state index contributed by atoms with van der Waals surface area (Å²) in [4.78, 5) is 11.8. The molecule has 1 rings (SSSR count).